The summed E-state index contributed by atoms with van der Waals surface area (Å²) in [6.07, 6.45) is 10.5. The lowest BCUT2D eigenvalue weighted by Gasteiger charge is -2.25. The van der Waals surface area contributed by atoms with E-state index in [1.807, 2.05) is 29.9 Å². The second-order valence-corrected chi connectivity index (χ2v) is 8.01. The lowest BCUT2D eigenvalue weighted by molar-refractivity contribution is -0.670. The Kier molecular flexibility index (Phi) is 5.85. The Morgan fingerprint density at radius 3 is 1.58 bits per heavy atom. The largest absolute Gasteiger partial charge is 0.311 e. The van der Waals surface area contributed by atoms with Crippen LogP contribution in [0.15, 0.2) is 128 Å². The van der Waals surface area contributed by atoms with Gasteiger partial charge in [0.15, 0.2) is 0 Å². The van der Waals surface area contributed by atoms with Crippen LogP contribution in [0.25, 0.3) is 17.8 Å². The Morgan fingerprint density at radius 2 is 1.09 bits per heavy atom. The molecule has 0 saturated heterocycles. The monoisotopic (exact) mass is 428 g/mol. The summed E-state index contributed by atoms with van der Waals surface area (Å²) >= 11 is 0. The fraction of sp³-hybridized carbons (Fsp3) is 0.0333. The molecule has 3 nitrogen and oxygen atoms in total. The highest BCUT2D eigenvalue weighted by atomic mass is 15.1. The first-order valence-electron chi connectivity index (χ1n) is 11.1. The molecule has 0 aliphatic carbocycles. The fourth-order valence-corrected chi connectivity index (χ4v) is 3.89. The van der Waals surface area contributed by atoms with E-state index in [4.69, 9.17) is 0 Å². The van der Waals surface area contributed by atoms with Crippen molar-refractivity contribution in [3.8, 4) is 5.69 Å². The predicted molar refractivity (Wildman–Crippen MR) is 137 cm³/mol. The molecule has 0 aliphatic heterocycles. The van der Waals surface area contributed by atoms with E-state index in [2.05, 4.69) is 131 Å². The number of rotatable bonds is 6. The van der Waals surface area contributed by atoms with Gasteiger partial charge in [0.25, 0.3) is 0 Å². The van der Waals surface area contributed by atoms with E-state index < -0.39 is 0 Å². The average molecular weight is 429 g/mol. The maximum absolute atomic E-state index is 2.27. The summed E-state index contributed by atoms with van der Waals surface area (Å²) in [7, 11) is 2.03. The summed E-state index contributed by atoms with van der Waals surface area (Å²) in [6, 6.07) is 38.2. The van der Waals surface area contributed by atoms with Crippen LogP contribution in [0.4, 0.5) is 17.1 Å². The zero-order valence-electron chi connectivity index (χ0n) is 18.6. The standard InChI is InChI=1S/C30H26N3/c1-31-22-23-32(24-31)27-18-14-25(15-19-27)12-13-26-16-20-30(21-17-26)33(28-8-4-2-5-9-28)29-10-6-3-7-11-29/h2-24H,1H3/q+1/b13-12+. The van der Waals surface area contributed by atoms with Crippen molar-refractivity contribution in [2.45, 2.75) is 0 Å². The van der Waals surface area contributed by atoms with Gasteiger partial charge in [0.2, 0.25) is 6.33 Å². The fourth-order valence-electron chi connectivity index (χ4n) is 3.89. The summed E-state index contributed by atoms with van der Waals surface area (Å²) < 4.78 is 4.14. The molecule has 5 aromatic rings. The van der Waals surface area contributed by atoms with Gasteiger partial charge in [-0.15, -0.1) is 0 Å². The van der Waals surface area contributed by atoms with Gasteiger partial charge in [-0.3, -0.25) is 0 Å². The van der Waals surface area contributed by atoms with E-state index in [0.717, 1.165) is 22.7 Å². The van der Waals surface area contributed by atoms with Crippen LogP contribution in [0.3, 0.4) is 0 Å². The van der Waals surface area contributed by atoms with Gasteiger partial charge in [-0.05, 0) is 59.7 Å². The molecule has 0 bridgehead atoms. The molecule has 3 heteroatoms. The van der Waals surface area contributed by atoms with Gasteiger partial charge in [0.05, 0.1) is 7.05 Å². The van der Waals surface area contributed by atoms with Crippen LogP contribution in [0.5, 0.6) is 0 Å². The van der Waals surface area contributed by atoms with Crippen LogP contribution < -0.4 is 9.47 Å². The van der Waals surface area contributed by atoms with Gasteiger partial charge < -0.3 is 4.90 Å². The molecule has 0 atom stereocenters. The van der Waals surface area contributed by atoms with Crippen LogP contribution in [0.1, 0.15) is 11.1 Å². The van der Waals surface area contributed by atoms with Crippen molar-refractivity contribution in [2.24, 2.45) is 7.05 Å². The molecule has 0 N–H and O–H groups in total. The molecule has 0 saturated carbocycles. The number of anilines is 3. The number of aryl methyl sites for hydroxylation is 1. The zero-order chi connectivity index (χ0) is 22.5. The number of hydrogen-bond donors (Lipinski definition) is 0. The number of aromatic nitrogens is 2. The first-order valence-corrected chi connectivity index (χ1v) is 11.1. The SMILES string of the molecule is C[n+]1ccn(-c2ccc(/C=C/c3ccc(N(c4ccccc4)c4ccccc4)cc3)cc2)c1. The minimum Gasteiger partial charge on any atom is -0.311 e. The number of imidazole rings is 1. The second-order valence-electron chi connectivity index (χ2n) is 8.01. The molecular formula is C30H26N3+. The molecule has 160 valence electrons. The van der Waals surface area contributed by atoms with Gasteiger partial charge in [0, 0.05) is 17.1 Å². The maximum Gasteiger partial charge on any atom is 0.248 e. The molecule has 1 aromatic heterocycles. The maximum atomic E-state index is 2.27. The quantitative estimate of drug-likeness (QED) is 0.211. The highest BCUT2D eigenvalue weighted by molar-refractivity contribution is 5.78. The van der Waals surface area contributed by atoms with Crippen LogP contribution in [0.2, 0.25) is 0 Å². The van der Waals surface area contributed by atoms with Gasteiger partial charge in [-0.2, -0.15) is 0 Å². The highest BCUT2D eigenvalue weighted by Crippen LogP contribution is 2.34. The summed E-state index contributed by atoms with van der Waals surface area (Å²) in [5.41, 5.74) is 6.91. The topological polar surface area (TPSA) is 12.0 Å². The number of benzene rings is 4. The van der Waals surface area contributed by atoms with Gasteiger partial charge >= 0.3 is 0 Å². The summed E-state index contributed by atoms with van der Waals surface area (Å²) in [5, 5.41) is 0. The van der Waals surface area contributed by atoms with E-state index in [1.165, 1.54) is 11.1 Å². The smallest absolute Gasteiger partial charge is 0.248 e. The molecule has 0 aliphatic rings. The van der Waals surface area contributed by atoms with Gasteiger partial charge in [-0.25, -0.2) is 9.13 Å². The lowest BCUT2D eigenvalue weighted by Crippen LogP contribution is -2.23. The minimum absolute atomic E-state index is 1.13. The van der Waals surface area contributed by atoms with Crippen molar-refractivity contribution < 1.29 is 4.57 Å². The van der Waals surface area contributed by atoms with Crippen LogP contribution in [-0.4, -0.2) is 4.57 Å². The van der Waals surface area contributed by atoms with Crippen LogP contribution in [0, 0.1) is 0 Å². The predicted octanol–water partition coefficient (Wildman–Crippen LogP) is 6.94. The van der Waals surface area contributed by atoms with E-state index in [1.54, 1.807) is 0 Å². The molecule has 0 radical (unpaired) electrons. The van der Waals surface area contributed by atoms with E-state index >= 15 is 0 Å². The second kappa shape index (κ2) is 9.41. The van der Waals surface area contributed by atoms with Crippen molar-refractivity contribution in [3.63, 3.8) is 0 Å². The van der Waals surface area contributed by atoms with Crippen LogP contribution in [-0.2, 0) is 7.05 Å². The third-order valence-electron chi connectivity index (χ3n) is 5.61. The summed E-state index contributed by atoms with van der Waals surface area (Å²) in [6.45, 7) is 0. The molecule has 0 spiro atoms. The third-order valence-corrected chi connectivity index (χ3v) is 5.61. The van der Waals surface area contributed by atoms with Gasteiger partial charge in [-0.1, -0.05) is 72.8 Å². The van der Waals surface area contributed by atoms with Gasteiger partial charge in [0.1, 0.15) is 18.1 Å². The molecular weight excluding hydrogens is 402 g/mol. The van der Waals surface area contributed by atoms with E-state index in [0.29, 0.717) is 0 Å². The van der Waals surface area contributed by atoms with Crippen molar-refractivity contribution >= 4 is 29.2 Å². The Hall–Kier alpha value is -4.37. The molecule has 1 heterocycles. The average Bonchev–Trinajstić information content (AvgIpc) is 3.32. The molecule has 0 amide bonds. The number of nitrogens with zero attached hydrogens (tertiary/aromatic N) is 3. The van der Waals surface area contributed by atoms with Crippen molar-refractivity contribution in [2.75, 3.05) is 4.90 Å². The van der Waals surface area contributed by atoms with Crippen molar-refractivity contribution in [1.82, 2.24) is 4.57 Å². The third kappa shape index (κ3) is 4.78. The van der Waals surface area contributed by atoms with Crippen molar-refractivity contribution in [1.29, 1.82) is 0 Å². The molecule has 33 heavy (non-hydrogen) atoms. The Labute approximate surface area is 195 Å². The van der Waals surface area contributed by atoms with Crippen LogP contribution >= 0.6 is 0 Å². The van der Waals surface area contributed by atoms with E-state index in [9.17, 15) is 0 Å². The molecule has 0 fully saturated rings. The summed E-state index contributed by atoms with van der Waals surface area (Å²) in [5.74, 6) is 0. The Balaban J connectivity index is 1.36. The first kappa shape index (κ1) is 20.5. The molecule has 4 aromatic carbocycles. The highest BCUT2D eigenvalue weighted by Gasteiger charge is 2.11. The number of para-hydroxylation sites is 2. The summed E-state index contributed by atoms with van der Waals surface area (Å²) in [4.78, 5) is 2.27. The van der Waals surface area contributed by atoms with E-state index in [-0.39, 0.29) is 0 Å². The first-order chi connectivity index (χ1) is 16.3. The minimum atomic E-state index is 1.13. The van der Waals surface area contributed by atoms with Crippen molar-refractivity contribution in [3.05, 3.63) is 139 Å². The number of hydrogen-bond acceptors (Lipinski definition) is 1. The molecule has 5 rings (SSSR count). The zero-order valence-corrected chi connectivity index (χ0v) is 18.6. The Morgan fingerprint density at radius 1 is 0.606 bits per heavy atom. The lowest BCUT2D eigenvalue weighted by atomic mass is 10.1. The molecule has 0 unspecified atom stereocenters. The normalized spacial score (nSPS) is 11.1. The Bertz CT molecular complexity index is 1290.